The zero-order chi connectivity index (χ0) is 37.5. The molecule has 0 fully saturated rings. The smallest absolute Gasteiger partial charge is 0.167 e. The van der Waals surface area contributed by atoms with E-state index in [1.165, 1.54) is 36.9 Å². The summed E-state index contributed by atoms with van der Waals surface area (Å²) in [5.74, 6) is 1.69. The Morgan fingerprint density at radius 2 is 0.965 bits per heavy atom. The highest BCUT2D eigenvalue weighted by molar-refractivity contribution is 7.26. The van der Waals surface area contributed by atoms with E-state index in [2.05, 4.69) is 109 Å². The van der Waals surface area contributed by atoms with Gasteiger partial charge in [-0.05, 0) is 70.8 Å². The molecule has 0 radical (unpaired) electrons. The lowest BCUT2D eigenvalue weighted by Gasteiger charge is -2.09. The number of fused-ring (bicyclic) bond motifs is 9. The van der Waals surface area contributed by atoms with Crippen molar-refractivity contribution in [1.82, 2.24) is 15.0 Å². The predicted molar refractivity (Wildman–Crippen MR) is 234 cm³/mol. The molecule has 8 aromatic carbocycles. The van der Waals surface area contributed by atoms with E-state index in [4.69, 9.17) is 23.8 Å². The van der Waals surface area contributed by atoms with Crippen LogP contribution in [0.1, 0.15) is 0 Å². The molecule has 0 aliphatic rings. The highest BCUT2D eigenvalue weighted by atomic mass is 32.1. The third-order valence-corrected chi connectivity index (χ3v) is 12.2. The molecule has 6 heteroatoms. The Morgan fingerprint density at radius 3 is 1.82 bits per heavy atom. The maximum absolute atomic E-state index is 6.53. The predicted octanol–water partition coefficient (Wildman–Crippen LogP) is 14.4. The van der Waals surface area contributed by atoms with Gasteiger partial charge in [-0.2, -0.15) is 0 Å². The van der Waals surface area contributed by atoms with Crippen LogP contribution in [0.5, 0.6) is 0 Å². The van der Waals surface area contributed by atoms with Gasteiger partial charge in [-0.15, -0.1) is 11.3 Å². The third kappa shape index (κ3) is 5.19. The first-order valence-electron chi connectivity index (χ1n) is 18.9. The highest BCUT2D eigenvalue weighted by Gasteiger charge is 2.19. The summed E-state index contributed by atoms with van der Waals surface area (Å²) in [6.07, 6.45) is 0. The SMILES string of the molecule is c1ccc(-c2ccc3sc4c(-c5ccc6oc7cc(-c8nc(-c9ccccc9)nc(-c9cccc%10c9oc9ccccc9%10)n8)ccc7c6c5)cccc4c3c2)cc1. The van der Waals surface area contributed by atoms with E-state index in [-0.39, 0.29) is 0 Å². The van der Waals surface area contributed by atoms with Crippen molar-refractivity contribution in [3.8, 4) is 56.4 Å². The van der Waals surface area contributed by atoms with Gasteiger partial charge in [-0.3, -0.25) is 0 Å². The van der Waals surface area contributed by atoms with Crippen molar-refractivity contribution >= 4 is 75.4 Å². The number of thiophene rings is 1. The van der Waals surface area contributed by atoms with Gasteiger partial charge < -0.3 is 8.83 Å². The molecule has 0 N–H and O–H groups in total. The summed E-state index contributed by atoms with van der Waals surface area (Å²) < 4.78 is 15.5. The molecule has 0 aliphatic carbocycles. The van der Waals surface area contributed by atoms with E-state index in [9.17, 15) is 0 Å². The van der Waals surface area contributed by atoms with Crippen molar-refractivity contribution in [3.05, 3.63) is 176 Å². The Hall–Kier alpha value is -7.41. The maximum Gasteiger partial charge on any atom is 0.167 e. The van der Waals surface area contributed by atoms with Crippen LogP contribution in [0.15, 0.2) is 185 Å². The number of aromatic nitrogens is 3. The Bertz CT molecular complexity index is 3530. The first-order valence-corrected chi connectivity index (χ1v) is 19.7. The summed E-state index contributed by atoms with van der Waals surface area (Å²) in [7, 11) is 0. The van der Waals surface area contributed by atoms with E-state index in [0.717, 1.165) is 66.1 Å². The lowest BCUT2D eigenvalue weighted by Crippen LogP contribution is -2.00. The number of nitrogens with zero attached hydrogens (tertiary/aromatic N) is 3. The summed E-state index contributed by atoms with van der Waals surface area (Å²) in [5.41, 5.74) is 10.6. The zero-order valence-electron chi connectivity index (χ0n) is 30.3. The van der Waals surface area contributed by atoms with Crippen LogP contribution in [-0.2, 0) is 0 Å². The standard InChI is InChI=1S/C51H29N3O2S/c1-3-11-30(12-4-1)32-23-26-46-42(27-32)39-18-9-16-35(48(39)57-46)33-22-25-44-41(28-33)37-24-21-34(29-45(37)55-44)50-52-49(31-13-5-2-6-14-31)53-51(54-50)40-19-10-17-38-36-15-7-8-20-43(36)56-47(38)40/h1-29H. The quantitative estimate of drug-likeness (QED) is 0.175. The van der Waals surface area contributed by atoms with Crippen molar-refractivity contribution in [1.29, 1.82) is 0 Å². The normalized spacial score (nSPS) is 11.9. The van der Waals surface area contributed by atoms with Gasteiger partial charge in [0.2, 0.25) is 0 Å². The van der Waals surface area contributed by atoms with E-state index in [1.54, 1.807) is 0 Å². The van der Waals surface area contributed by atoms with Gasteiger partial charge in [-0.25, -0.2) is 15.0 Å². The lowest BCUT2D eigenvalue weighted by atomic mass is 9.99. The molecule has 0 saturated heterocycles. The van der Waals surface area contributed by atoms with Gasteiger partial charge >= 0.3 is 0 Å². The fourth-order valence-corrected chi connectivity index (χ4v) is 9.40. The molecule has 0 aliphatic heterocycles. The van der Waals surface area contributed by atoms with Crippen LogP contribution in [0.3, 0.4) is 0 Å². The number of hydrogen-bond acceptors (Lipinski definition) is 6. The summed E-state index contributed by atoms with van der Waals surface area (Å²) >= 11 is 1.85. The van der Waals surface area contributed by atoms with Crippen LogP contribution in [0.25, 0.3) is 120 Å². The van der Waals surface area contributed by atoms with Crippen molar-refractivity contribution in [2.75, 3.05) is 0 Å². The second kappa shape index (κ2) is 12.6. The minimum atomic E-state index is 0.546. The summed E-state index contributed by atoms with van der Waals surface area (Å²) in [6, 6.07) is 61.0. The number of benzene rings is 8. The number of rotatable bonds is 5. The van der Waals surface area contributed by atoms with Gasteiger partial charge in [0, 0.05) is 52.8 Å². The molecule has 5 nitrogen and oxygen atoms in total. The molecule has 0 spiro atoms. The average molecular weight is 748 g/mol. The molecule has 12 rings (SSSR count). The van der Waals surface area contributed by atoms with Crippen LogP contribution in [0.4, 0.5) is 0 Å². The van der Waals surface area contributed by atoms with Gasteiger partial charge in [0.05, 0.1) is 5.56 Å². The second-order valence-electron chi connectivity index (χ2n) is 14.3. The summed E-state index contributed by atoms with van der Waals surface area (Å²) in [5, 5.41) is 6.74. The van der Waals surface area contributed by atoms with E-state index in [1.807, 2.05) is 78.1 Å². The van der Waals surface area contributed by atoms with Crippen LogP contribution >= 0.6 is 11.3 Å². The second-order valence-corrected chi connectivity index (χ2v) is 15.4. The van der Waals surface area contributed by atoms with Crippen molar-refractivity contribution in [2.24, 2.45) is 0 Å². The molecule has 266 valence electrons. The van der Waals surface area contributed by atoms with Crippen LogP contribution in [0, 0.1) is 0 Å². The molecule has 0 amide bonds. The number of hydrogen-bond donors (Lipinski definition) is 0. The van der Waals surface area contributed by atoms with Crippen molar-refractivity contribution in [2.45, 2.75) is 0 Å². The Morgan fingerprint density at radius 1 is 0.333 bits per heavy atom. The average Bonchev–Trinajstić information content (AvgIpc) is 3.97. The first kappa shape index (κ1) is 31.9. The minimum Gasteiger partial charge on any atom is -0.456 e. The topological polar surface area (TPSA) is 65.0 Å². The van der Waals surface area contributed by atoms with E-state index < -0.39 is 0 Å². The molecule has 0 saturated carbocycles. The first-order chi connectivity index (χ1) is 28.2. The molecule has 12 aromatic rings. The fraction of sp³-hybridized carbons (Fsp3) is 0. The third-order valence-electron chi connectivity index (χ3n) is 11.0. The number of para-hydroxylation sites is 2. The van der Waals surface area contributed by atoms with E-state index >= 15 is 0 Å². The molecule has 0 atom stereocenters. The molecular weight excluding hydrogens is 719 g/mol. The van der Waals surface area contributed by atoms with Gasteiger partial charge in [0.1, 0.15) is 22.3 Å². The monoisotopic (exact) mass is 747 g/mol. The van der Waals surface area contributed by atoms with Crippen molar-refractivity contribution in [3.63, 3.8) is 0 Å². The van der Waals surface area contributed by atoms with Crippen LogP contribution in [0.2, 0.25) is 0 Å². The zero-order valence-corrected chi connectivity index (χ0v) is 31.1. The Kier molecular flexibility index (Phi) is 7.03. The molecule has 0 bridgehead atoms. The molecule has 57 heavy (non-hydrogen) atoms. The largest absolute Gasteiger partial charge is 0.456 e. The van der Waals surface area contributed by atoms with Crippen molar-refractivity contribution < 1.29 is 8.83 Å². The highest BCUT2D eigenvalue weighted by Crippen LogP contribution is 2.43. The van der Waals surface area contributed by atoms with Crippen LogP contribution in [-0.4, -0.2) is 15.0 Å². The van der Waals surface area contributed by atoms with Gasteiger partial charge in [0.25, 0.3) is 0 Å². The molecule has 4 aromatic heterocycles. The summed E-state index contributed by atoms with van der Waals surface area (Å²) in [4.78, 5) is 15.1. The molecular formula is C51H29N3O2S. The lowest BCUT2D eigenvalue weighted by molar-refractivity contribution is 0.668. The van der Waals surface area contributed by atoms with E-state index in [0.29, 0.717) is 17.5 Å². The maximum atomic E-state index is 6.53. The number of furan rings is 2. The summed E-state index contributed by atoms with van der Waals surface area (Å²) in [6.45, 7) is 0. The minimum absolute atomic E-state index is 0.546. The molecule has 0 unspecified atom stereocenters. The Balaban J connectivity index is 0.973. The van der Waals surface area contributed by atoms with Gasteiger partial charge in [0.15, 0.2) is 17.5 Å². The Labute approximate surface area is 330 Å². The molecule has 4 heterocycles. The fourth-order valence-electron chi connectivity index (χ4n) is 8.18. The van der Waals surface area contributed by atoms with Crippen LogP contribution < -0.4 is 0 Å². The van der Waals surface area contributed by atoms with Gasteiger partial charge in [-0.1, -0.05) is 127 Å².